The zero-order valence-corrected chi connectivity index (χ0v) is 40.3. The molecule has 8 nitrogen and oxygen atoms in total. The molecule has 1 aliphatic carbocycles. The van der Waals surface area contributed by atoms with E-state index in [1.54, 1.807) is 13.8 Å². The van der Waals surface area contributed by atoms with Crippen LogP contribution in [0.25, 0.3) is 0 Å². The van der Waals surface area contributed by atoms with Gasteiger partial charge in [0.25, 0.3) is 5.92 Å². The van der Waals surface area contributed by atoms with Crippen molar-refractivity contribution in [3.63, 3.8) is 0 Å². The Labute approximate surface area is 400 Å². The lowest BCUT2D eigenvalue weighted by Gasteiger charge is -2.44. The fraction of sp³-hybridized carbons (Fsp3) is 0.569. The molecular weight excluding hydrogens is 919 g/mol. The molecule has 2 aliphatic rings. The zero-order valence-electron chi connectivity index (χ0n) is 39.4. The topological polar surface area (TPSA) is 96.0 Å². The number of para-hydroxylation sites is 1. The van der Waals surface area contributed by atoms with Crippen molar-refractivity contribution in [3.05, 3.63) is 88.5 Å². The minimum atomic E-state index is -4.99. The Morgan fingerprint density at radius 2 is 1.44 bits per heavy atom. The number of carbonyl (C=O) groups excluding carboxylic acids is 4. The van der Waals surface area contributed by atoms with Crippen molar-refractivity contribution in [2.24, 2.45) is 17.3 Å². The van der Waals surface area contributed by atoms with Crippen molar-refractivity contribution in [2.45, 2.75) is 168 Å². The van der Waals surface area contributed by atoms with Crippen LogP contribution in [-0.4, -0.2) is 41.1 Å². The molecule has 378 valence electrons. The zero-order chi connectivity index (χ0) is 50.1. The number of amides is 3. The van der Waals surface area contributed by atoms with Gasteiger partial charge < -0.3 is 15.0 Å². The van der Waals surface area contributed by atoms with Crippen molar-refractivity contribution < 1.29 is 59.0 Å². The van der Waals surface area contributed by atoms with Crippen molar-refractivity contribution in [1.82, 2.24) is 4.90 Å². The van der Waals surface area contributed by atoms with Crippen LogP contribution in [-0.2, 0) is 43.9 Å². The number of thioether (sulfide) groups is 1. The standard InChI is InChI=1S/C27H28F8N2O3.C23H35NO2S.CH4/c1-5-19-13-22(20-12-16(26(30,31)32)7-8-21(20)37(19)23(38)6-2)36(24(39)40-4)14-15-9-17(25(3,28)29)11-18(10-15)27(33,34)35;1-5-18(6-2)16-23(14-10-7-11-15-23)22(26)24-19-12-8-9-13-20(19)27-21(25)17(3)4;/h7-12,19,22H,5-6,13-14H2,1-4H3;8-9,12-13,17-18H,5-7,10-11,14-16H2,1-4H3,(H,24,26);1H4/t19-,22?;;/m1../s1. The van der Waals surface area contributed by atoms with Gasteiger partial charge in [-0.2, -0.15) is 26.3 Å². The highest BCUT2D eigenvalue weighted by Crippen LogP contribution is 2.47. The molecule has 1 fully saturated rings. The quantitative estimate of drug-likeness (QED) is 0.128. The van der Waals surface area contributed by atoms with E-state index in [0.29, 0.717) is 31.4 Å². The van der Waals surface area contributed by atoms with E-state index in [9.17, 15) is 54.3 Å². The average molecular weight is 986 g/mol. The van der Waals surface area contributed by atoms with Gasteiger partial charge >= 0.3 is 18.4 Å². The Morgan fingerprint density at radius 1 is 0.838 bits per heavy atom. The summed E-state index contributed by atoms with van der Waals surface area (Å²) in [6.45, 7) is 11.3. The lowest BCUT2D eigenvalue weighted by molar-refractivity contribution is -0.138. The van der Waals surface area contributed by atoms with E-state index < -0.39 is 59.7 Å². The fourth-order valence-electron chi connectivity index (χ4n) is 8.90. The molecule has 1 heterocycles. The Morgan fingerprint density at radius 3 is 1.97 bits per heavy atom. The van der Waals surface area contributed by atoms with E-state index in [4.69, 9.17) is 4.74 Å². The third-order valence-electron chi connectivity index (χ3n) is 12.8. The second-order valence-electron chi connectivity index (χ2n) is 17.9. The monoisotopic (exact) mass is 985 g/mol. The minimum Gasteiger partial charge on any atom is -0.453 e. The Kier molecular flexibility index (Phi) is 20.6. The summed E-state index contributed by atoms with van der Waals surface area (Å²) in [6, 6.07) is 10.4. The van der Waals surface area contributed by atoms with Gasteiger partial charge in [0.2, 0.25) is 11.8 Å². The van der Waals surface area contributed by atoms with Crippen LogP contribution in [0, 0.1) is 17.3 Å². The van der Waals surface area contributed by atoms with Crippen LogP contribution in [0.15, 0.2) is 65.6 Å². The van der Waals surface area contributed by atoms with Crippen LogP contribution in [0.5, 0.6) is 0 Å². The first-order valence-electron chi connectivity index (χ1n) is 22.9. The second-order valence-corrected chi connectivity index (χ2v) is 18.9. The van der Waals surface area contributed by atoms with Gasteiger partial charge in [-0.15, -0.1) is 0 Å². The Hall–Kier alpha value is -4.67. The van der Waals surface area contributed by atoms with Gasteiger partial charge in [-0.1, -0.05) is 93.2 Å². The molecule has 1 aliphatic heterocycles. The first-order chi connectivity index (χ1) is 31.3. The first kappa shape index (κ1) is 57.6. The largest absolute Gasteiger partial charge is 0.453 e. The summed E-state index contributed by atoms with van der Waals surface area (Å²) in [5.41, 5.74) is -3.15. The van der Waals surface area contributed by atoms with Gasteiger partial charge in [-0.3, -0.25) is 19.3 Å². The van der Waals surface area contributed by atoms with E-state index >= 15 is 0 Å². The van der Waals surface area contributed by atoms with Crippen LogP contribution in [0.4, 0.5) is 51.3 Å². The molecular formula is C51H67F8N3O5S. The van der Waals surface area contributed by atoms with Gasteiger partial charge in [-0.25, -0.2) is 13.6 Å². The maximum Gasteiger partial charge on any atom is 0.416 e. The summed E-state index contributed by atoms with van der Waals surface area (Å²) in [5.74, 6) is -3.30. The number of benzene rings is 3. The summed E-state index contributed by atoms with van der Waals surface area (Å²) in [4.78, 5) is 54.5. The molecule has 3 amide bonds. The lowest BCUT2D eigenvalue weighted by atomic mass is 9.67. The number of alkyl halides is 8. The molecule has 1 saturated carbocycles. The summed E-state index contributed by atoms with van der Waals surface area (Å²) in [5, 5.41) is 3.33. The van der Waals surface area contributed by atoms with Crippen molar-refractivity contribution in [2.75, 3.05) is 17.3 Å². The van der Waals surface area contributed by atoms with Gasteiger partial charge in [0.05, 0.1) is 30.0 Å². The van der Waals surface area contributed by atoms with Gasteiger partial charge in [-0.05, 0) is 109 Å². The number of rotatable bonds is 14. The van der Waals surface area contributed by atoms with Crippen molar-refractivity contribution in [1.29, 1.82) is 0 Å². The first-order valence-corrected chi connectivity index (χ1v) is 23.7. The van der Waals surface area contributed by atoms with Gasteiger partial charge in [0.15, 0.2) is 5.12 Å². The average Bonchev–Trinajstić information content (AvgIpc) is 3.28. The number of ether oxygens (including phenoxy) is 1. The number of carbonyl (C=O) groups is 4. The van der Waals surface area contributed by atoms with Crippen LogP contribution >= 0.6 is 11.8 Å². The van der Waals surface area contributed by atoms with Crippen molar-refractivity contribution >= 4 is 46.2 Å². The van der Waals surface area contributed by atoms with E-state index in [1.807, 2.05) is 38.1 Å². The fourth-order valence-corrected chi connectivity index (χ4v) is 9.72. The smallest absolute Gasteiger partial charge is 0.416 e. The molecule has 1 N–H and O–H groups in total. The molecule has 3 aromatic carbocycles. The lowest BCUT2D eigenvalue weighted by Crippen LogP contribution is -2.48. The van der Waals surface area contributed by atoms with Crippen LogP contribution in [0.2, 0.25) is 0 Å². The predicted octanol–water partition coefficient (Wildman–Crippen LogP) is 15.4. The summed E-state index contributed by atoms with van der Waals surface area (Å²) >= 11 is 1.24. The molecule has 68 heavy (non-hydrogen) atoms. The van der Waals surface area contributed by atoms with Gasteiger partial charge in [0, 0.05) is 53.4 Å². The number of hydrogen-bond acceptors (Lipinski definition) is 6. The summed E-state index contributed by atoms with van der Waals surface area (Å²) < 4.78 is 115. The number of anilines is 2. The highest BCUT2D eigenvalue weighted by atomic mass is 32.2. The molecule has 0 bridgehead atoms. The third-order valence-corrected chi connectivity index (χ3v) is 14.0. The van der Waals surface area contributed by atoms with E-state index in [2.05, 4.69) is 19.2 Å². The number of nitrogens with zero attached hydrogens (tertiary/aromatic N) is 2. The molecule has 5 rings (SSSR count). The normalized spacial score (nSPS) is 17.1. The molecule has 17 heteroatoms. The number of hydrogen-bond donors (Lipinski definition) is 1. The molecule has 2 atom stereocenters. The number of fused-ring (bicyclic) bond motifs is 1. The number of methoxy groups -OCH3 is 1. The number of nitrogens with one attached hydrogen (secondary N) is 1. The summed E-state index contributed by atoms with van der Waals surface area (Å²) in [6.07, 6.45) is -1.85. The van der Waals surface area contributed by atoms with Crippen LogP contribution < -0.4 is 10.2 Å². The molecule has 1 unspecified atom stereocenters. The Balaban J connectivity index is 0.000000382. The second kappa shape index (κ2) is 24.2. The van der Waals surface area contributed by atoms with Crippen molar-refractivity contribution in [3.8, 4) is 0 Å². The highest BCUT2D eigenvalue weighted by molar-refractivity contribution is 8.13. The predicted molar refractivity (Wildman–Crippen MR) is 251 cm³/mol. The molecule has 0 aromatic heterocycles. The van der Waals surface area contributed by atoms with E-state index in [-0.39, 0.29) is 65.3 Å². The SMILES string of the molecule is C.CCC(=O)N1c2ccc(C(F)(F)F)cc2C(N(Cc2cc(C(C)(F)F)cc(C(F)(F)F)c2)C(=O)OC)C[C@H]1CC.CCC(CC)CC1(C(=O)Nc2ccccc2SC(=O)C(C)C)CCCCC1. The highest BCUT2D eigenvalue weighted by Gasteiger charge is 2.43. The van der Waals surface area contributed by atoms with Crippen LogP contribution in [0.3, 0.4) is 0 Å². The summed E-state index contributed by atoms with van der Waals surface area (Å²) in [7, 11) is 0.979. The van der Waals surface area contributed by atoms with E-state index in [1.165, 1.54) is 23.1 Å². The maximum absolute atomic E-state index is 14.1. The van der Waals surface area contributed by atoms with Crippen LogP contribution in [0.1, 0.15) is 160 Å². The van der Waals surface area contributed by atoms with E-state index in [0.717, 1.165) is 91.8 Å². The third kappa shape index (κ3) is 14.4. The molecule has 3 aromatic rings. The minimum absolute atomic E-state index is 0. The molecule has 0 saturated heterocycles. The Bertz CT molecular complexity index is 2150. The molecule has 0 radical (unpaired) electrons. The number of halogens is 8. The van der Waals surface area contributed by atoms with Gasteiger partial charge in [0.1, 0.15) is 0 Å². The molecule has 0 spiro atoms. The maximum atomic E-state index is 14.1.